The Hall–Kier alpha value is -8.94. The Labute approximate surface area is 525 Å². The number of hydrogen-bond acceptors (Lipinski definition) is 14. The molecule has 0 saturated carbocycles. The van der Waals surface area contributed by atoms with Gasteiger partial charge in [0.2, 0.25) is 35.4 Å². The molecule has 0 aliphatic rings. The van der Waals surface area contributed by atoms with Crippen LogP contribution in [-0.4, -0.2) is 96.5 Å². The fraction of sp³-hybridized carbons (Fsp3) is 0.449. The SMILES string of the molecule is CCC(=O)c1c(C)c(C)c(/C=N/NC(=O)CC(=O)N/N=C/c2c(C)c(C)c(C(=O)CC)c(C)c2C)c(C)c1C.CCNC(=O)CC(=O)N/N=C/c1c(C)c(C)c(C(=O)CC)c(C)c1C.CCNC(=O)CC(=O)N/N=C/c1c(C)c(C)c(C(=O)CC)c(C)c1C. The molecule has 0 heterocycles. The lowest BCUT2D eigenvalue weighted by Crippen LogP contribution is -2.29. The molecule has 0 saturated heterocycles. The van der Waals surface area contributed by atoms with E-state index in [9.17, 15) is 47.9 Å². The van der Waals surface area contributed by atoms with Crippen LogP contribution in [0.2, 0.25) is 0 Å². The smallest absolute Gasteiger partial charge is 0.249 e. The first-order valence-corrected chi connectivity index (χ1v) is 30.1. The Morgan fingerprint density at radius 2 is 0.416 bits per heavy atom. The molecule has 0 unspecified atom stereocenters. The zero-order valence-corrected chi connectivity index (χ0v) is 56.5. The maximum atomic E-state index is 12.4. The van der Waals surface area contributed by atoms with Crippen LogP contribution in [0, 0.1) is 111 Å². The fourth-order valence-electron chi connectivity index (χ4n) is 10.3. The molecule has 0 radical (unpaired) electrons. The van der Waals surface area contributed by atoms with Crippen molar-refractivity contribution >= 4 is 83.4 Å². The lowest BCUT2D eigenvalue weighted by molar-refractivity contribution is -0.130. The van der Waals surface area contributed by atoms with Crippen molar-refractivity contribution in [1.82, 2.24) is 32.3 Å². The minimum atomic E-state index is -0.582. The Morgan fingerprint density at radius 1 is 0.258 bits per heavy atom. The van der Waals surface area contributed by atoms with E-state index < -0.39 is 30.0 Å². The van der Waals surface area contributed by atoms with E-state index in [0.717, 1.165) is 134 Å². The summed E-state index contributed by atoms with van der Waals surface area (Å²) < 4.78 is 0. The zero-order chi connectivity index (χ0) is 67.9. The first kappa shape index (κ1) is 76.2. The molecule has 0 aromatic heterocycles. The highest BCUT2D eigenvalue weighted by atomic mass is 16.2. The van der Waals surface area contributed by atoms with E-state index in [1.807, 2.05) is 138 Å². The molecule has 0 aliphatic carbocycles. The molecular formula is C69H94N10O10. The highest BCUT2D eigenvalue weighted by Gasteiger charge is 2.23. The van der Waals surface area contributed by atoms with Crippen LogP contribution in [-0.2, 0) is 28.8 Å². The minimum Gasteiger partial charge on any atom is -0.356 e. The topological polar surface area (TPSA) is 292 Å². The second-order valence-corrected chi connectivity index (χ2v) is 21.9. The Bertz CT molecular complexity index is 3200. The summed E-state index contributed by atoms with van der Waals surface area (Å²) >= 11 is 0. The second kappa shape index (κ2) is 35.8. The van der Waals surface area contributed by atoms with Gasteiger partial charge in [-0.05, 0) is 214 Å². The summed E-state index contributed by atoms with van der Waals surface area (Å²) in [4.78, 5) is 120. The first-order valence-electron chi connectivity index (χ1n) is 30.1. The number of ketones is 4. The van der Waals surface area contributed by atoms with Gasteiger partial charge in [0, 0.05) is 83.3 Å². The summed E-state index contributed by atoms with van der Waals surface area (Å²) in [5.74, 6) is -2.33. The van der Waals surface area contributed by atoms with E-state index >= 15 is 0 Å². The first-order chi connectivity index (χ1) is 41.8. The lowest BCUT2D eigenvalue weighted by atomic mass is 9.87. The van der Waals surface area contributed by atoms with Crippen molar-refractivity contribution in [3.63, 3.8) is 0 Å². The van der Waals surface area contributed by atoms with Gasteiger partial charge in [0.1, 0.15) is 19.3 Å². The second-order valence-electron chi connectivity index (χ2n) is 21.9. The third-order valence-electron chi connectivity index (χ3n) is 16.4. The monoisotopic (exact) mass is 1220 g/mol. The molecule has 480 valence electrons. The normalized spacial score (nSPS) is 11.0. The summed E-state index contributed by atoms with van der Waals surface area (Å²) in [6, 6.07) is 0. The van der Waals surface area contributed by atoms with E-state index in [0.29, 0.717) is 38.8 Å². The van der Waals surface area contributed by atoms with Crippen LogP contribution in [0.3, 0.4) is 0 Å². The third kappa shape index (κ3) is 20.0. The van der Waals surface area contributed by atoms with Gasteiger partial charge in [-0.3, -0.25) is 47.9 Å². The number of carbonyl (C=O) groups excluding carboxylic acids is 10. The number of hydrogen-bond donors (Lipinski definition) is 6. The lowest BCUT2D eigenvalue weighted by Gasteiger charge is -2.17. The molecule has 0 fully saturated rings. The summed E-state index contributed by atoms with van der Waals surface area (Å²) in [7, 11) is 0. The molecule has 4 aromatic carbocycles. The molecule has 0 atom stereocenters. The van der Waals surface area contributed by atoms with Crippen molar-refractivity contribution in [1.29, 1.82) is 0 Å². The predicted molar refractivity (Wildman–Crippen MR) is 354 cm³/mol. The maximum absolute atomic E-state index is 12.4. The molecule has 20 heteroatoms. The van der Waals surface area contributed by atoms with Crippen LogP contribution < -0.4 is 32.3 Å². The van der Waals surface area contributed by atoms with Gasteiger partial charge in [-0.25, -0.2) is 21.7 Å². The Morgan fingerprint density at radius 3 is 0.562 bits per heavy atom. The maximum Gasteiger partial charge on any atom is 0.249 e. The van der Waals surface area contributed by atoms with Crippen LogP contribution >= 0.6 is 0 Å². The van der Waals surface area contributed by atoms with Gasteiger partial charge in [-0.2, -0.15) is 20.4 Å². The van der Waals surface area contributed by atoms with Crippen LogP contribution in [0.25, 0.3) is 0 Å². The molecule has 0 spiro atoms. The van der Waals surface area contributed by atoms with Crippen LogP contribution in [0.15, 0.2) is 20.4 Å². The van der Waals surface area contributed by atoms with E-state index in [-0.39, 0.29) is 47.8 Å². The summed E-state index contributed by atoms with van der Waals surface area (Å²) in [6.45, 7) is 42.7. The number of benzene rings is 4. The molecule has 0 aliphatic heterocycles. The van der Waals surface area contributed by atoms with Crippen molar-refractivity contribution < 1.29 is 47.9 Å². The van der Waals surface area contributed by atoms with Crippen molar-refractivity contribution in [2.24, 2.45) is 20.4 Å². The molecule has 4 aromatic rings. The average molecular weight is 1220 g/mol. The van der Waals surface area contributed by atoms with Gasteiger partial charge < -0.3 is 10.6 Å². The minimum absolute atomic E-state index is 0.0980. The number of Topliss-reactive ketones (excluding diaryl/α,β-unsaturated/α-hetero) is 4. The van der Waals surface area contributed by atoms with Gasteiger partial charge in [0.25, 0.3) is 0 Å². The highest BCUT2D eigenvalue weighted by molar-refractivity contribution is 6.05. The fourth-order valence-corrected chi connectivity index (χ4v) is 10.3. The van der Waals surface area contributed by atoms with Gasteiger partial charge in [-0.15, -0.1) is 0 Å². The summed E-state index contributed by atoms with van der Waals surface area (Å²) in [5.41, 5.74) is 30.8. The number of amides is 6. The van der Waals surface area contributed by atoms with E-state index in [2.05, 4.69) is 52.7 Å². The summed E-state index contributed by atoms with van der Waals surface area (Å²) in [5, 5.41) is 21.1. The molecule has 4 rings (SSSR count). The van der Waals surface area contributed by atoms with E-state index in [1.165, 1.54) is 0 Å². The predicted octanol–water partition coefficient (Wildman–Crippen LogP) is 10.3. The quantitative estimate of drug-likeness (QED) is 0.0167. The van der Waals surface area contributed by atoms with Crippen LogP contribution in [0.1, 0.15) is 239 Å². The average Bonchev–Trinajstić information content (AvgIpc) is 0.979. The summed E-state index contributed by atoms with van der Waals surface area (Å²) in [6.07, 6.45) is 7.05. The van der Waals surface area contributed by atoms with Crippen molar-refractivity contribution in [2.45, 2.75) is 197 Å². The van der Waals surface area contributed by atoms with Gasteiger partial charge in [0.15, 0.2) is 23.1 Å². The third-order valence-corrected chi connectivity index (χ3v) is 16.4. The van der Waals surface area contributed by atoms with E-state index in [1.54, 1.807) is 38.7 Å². The van der Waals surface area contributed by atoms with Gasteiger partial charge in [0.05, 0.1) is 24.9 Å². The molecule has 20 nitrogen and oxygen atoms in total. The molecule has 6 N–H and O–H groups in total. The highest BCUT2D eigenvalue weighted by Crippen LogP contribution is 2.30. The van der Waals surface area contributed by atoms with Crippen LogP contribution in [0.4, 0.5) is 0 Å². The number of hydrazone groups is 4. The number of carbonyl (C=O) groups is 10. The van der Waals surface area contributed by atoms with Crippen molar-refractivity contribution in [2.75, 3.05) is 13.1 Å². The van der Waals surface area contributed by atoms with Crippen LogP contribution in [0.5, 0.6) is 0 Å². The Kier molecular flexibility index (Phi) is 30.6. The standard InChI is InChI=1S/C31H40N4O4.2C19H27N3O3/c1-11-26(36)30-20(7)16(3)24(17(4)21(30)8)14-32-34-28(38)13-29(39)35-33-15-25-18(5)22(9)31(27(37)12-2)23(10)19(25)6;2*1-7-16(23)19-13(5)11(3)15(12(4)14(19)6)10-21-22-18(25)9-17(24)20-8-2/h14-15H,11-13H2,1-10H3,(H,34,38)(H,35,39);2*10H,7-9H2,1-6H3,(H,20,24)(H,22,25)/b32-14+,33-15+;2*21-10+. The number of rotatable bonds is 24. The van der Waals surface area contributed by atoms with Crippen molar-refractivity contribution in [3.05, 3.63) is 134 Å². The van der Waals surface area contributed by atoms with Gasteiger partial charge >= 0.3 is 0 Å². The Balaban J connectivity index is 0.000000474. The van der Waals surface area contributed by atoms with E-state index in [4.69, 9.17) is 0 Å². The molecular weight excluding hydrogens is 1130 g/mol. The zero-order valence-electron chi connectivity index (χ0n) is 56.5. The molecule has 89 heavy (non-hydrogen) atoms. The van der Waals surface area contributed by atoms with Crippen molar-refractivity contribution in [3.8, 4) is 0 Å². The van der Waals surface area contributed by atoms with Gasteiger partial charge in [-0.1, -0.05) is 27.7 Å². The molecule has 0 bridgehead atoms. The largest absolute Gasteiger partial charge is 0.356 e. The number of nitrogens with zero attached hydrogens (tertiary/aromatic N) is 4. The molecule has 6 amide bonds. The number of nitrogens with one attached hydrogen (secondary N) is 6.